The fourth-order valence-electron chi connectivity index (χ4n) is 2.74. The summed E-state index contributed by atoms with van der Waals surface area (Å²) in [5.74, 6) is -0.727. The van der Waals surface area contributed by atoms with Gasteiger partial charge < -0.3 is 10.1 Å². The standard InChI is InChI=1S/C22H18F3NO4S/c23-22(24,25)15-30-19-11-9-18(10-12-19)26-21(27)17-6-4-5-16(13-17)14-31(28,29)20-7-2-1-3-8-20/h1-13H,14-15H2,(H,26,27). The molecule has 3 aromatic rings. The van der Waals surface area contributed by atoms with Crippen LogP contribution in [0.3, 0.4) is 0 Å². The highest BCUT2D eigenvalue weighted by Gasteiger charge is 2.28. The van der Waals surface area contributed by atoms with Crippen molar-refractivity contribution in [3.63, 3.8) is 0 Å². The molecule has 1 amide bonds. The van der Waals surface area contributed by atoms with E-state index >= 15 is 0 Å². The maximum absolute atomic E-state index is 12.5. The molecule has 0 aliphatic rings. The highest BCUT2D eigenvalue weighted by atomic mass is 32.2. The molecule has 0 bridgehead atoms. The van der Waals surface area contributed by atoms with E-state index in [0.717, 1.165) is 0 Å². The van der Waals surface area contributed by atoms with E-state index in [1.54, 1.807) is 30.3 Å². The number of halogens is 3. The Morgan fingerprint density at radius 1 is 0.903 bits per heavy atom. The van der Waals surface area contributed by atoms with Gasteiger partial charge in [-0.25, -0.2) is 8.42 Å². The summed E-state index contributed by atoms with van der Waals surface area (Å²) >= 11 is 0. The Balaban J connectivity index is 1.66. The van der Waals surface area contributed by atoms with Gasteiger partial charge in [0.15, 0.2) is 16.4 Å². The van der Waals surface area contributed by atoms with Crippen molar-refractivity contribution in [3.05, 3.63) is 90.0 Å². The first-order chi connectivity index (χ1) is 14.6. The van der Waals surface area contributed by atoms with Gasteiger partial charge in [-0.3, -0.25) is 4.79 Å². The Morgan fingerprint density at radius 2 is 1.58 bits per heavy atom. The monoisotopic (exact) mass is 449 g/mol. The van der Waals surface area contributed by atoms with E-state index in [4.69, 9.17) is 0 Å². The maximum Gasteiger partial charge on any atom is 0.422 e. The molecule has 0 unspecified atom stereocenters. The largest absolute Gasteiger partial charge is 0.484 e. The highest BCUT2D eigenvalue weighted by Crippen LogP contribution is 2.21. The van der Waals surface area contributed by atoms with E-state index in [-0.39, 0.29) is 22.0 Å². The van der Waals surface area contributed by atoms with Crippen molar-refractivity contribution in [2.45, 2.75) is 16.8 Å². The summed E-state index contributed by atoms with van der Waals surface area (Å²) in [7, 11) is -3.56. The summed E-state index contributed by atoms with van der Waals surface area (Å²) in [6.07, 6.45) is -4.44. The smallest absolute Gasteiger partial charge is 0.422 e. The quantitative estimate of drug-likeness (QED) is 0.560. The second-order valence-corrected chi connectivity index (χ2v) is 8.64. The molecule has 0 saturated carbocycles. The number of hydrogen-bond donors (Lipinski definition) is 1. The van der Waals surface area contributed by atoms with Gasteiger partial charge in [0.2, 0.25) is 0 Å². The summed E-state index contributed by atoms with van der Waals surface area (Å²) in [6, 6.07) is 19.7. The van der Waals surface area contributed by atoms with E-state index in [9.17, 15) is 26.4 Å². The zero-order valence-electron chi connectivity index (χ0n) is 16.1. The Kier molecular flexibility index (Phi) is 6.65. The number of ether oxygens (including phenoxy) is 1. The van der Waals surface area contributed by atoms with E-state index in [1.165, 1.54) is 48.5 Å². The number of nitrogens with one attached hydrogen (secondary N) is 1. The van der Waals surface area contributed by atoms with Crippen molar-refractivity contribution in [3.8, 4) is 5.75 Å². The van der Waals surface area contributed by atoms with Gasteiger partial charge in [-0.15, -0.1) is 0 Å². The predicted molar refractivity (Wildman–Crippen MR) is 110 cm³/mol. The fraction of sp³-hybridized carbons (Fsp3) is 0.136. The Morgan fingerprint density at radius 3 is 2.23 bits per heavy atom. The number of amides is 1. The van der Waals surface area contributed by atoms with Crippen LogP contribution in [0.15, 0.2) is 83.8 Å². The molecule has 0 saturated heterocycles. The van der Waals surface area contributed by atoms with Crippen molar-refractivity contribution in [2.24, 2.45) is 0 Å². The van der Waals surface area contributed by atoms with Gasteiger partial charge in [0.05, 0.1) is 10.6 Å². The number of anilines is 1. The molecule has 0 heterocycles. The van der Waals surface area contributed by atoms with Crippen LogP contribution in [0.2, 0.25) is 0 Å². The molecule has 3 rings (SSSR count). The van der Waals surface area contributed by atoms with E-state index in [2.05, 4.69) is 10.1 Å². The van der Waals surface area contributed by atoms with Crippen molar-refractivity contribution < 1.29 is 31.1 Å². The third kappa shape index (κ3) is 6.58. The first-order valence-corrected chi connectivity index (χ1v) is 10.8. The molecule has 0 aromatic heterocycles. The zero-order chi connectivity index (χ0) is 22.5. The summed E-state index contributed by atoms with van der Waals surface area (Å²) in [6.45, 7) is -1.41. The topological polar surface area (TPSA) is 72.5 Å². The molecule has 0 spiro atoms. The maximum atomic E-state index is 12.5. The molecular weight excluding hydrogens is 431 g/mol. The van der Waals surface area contributed by atoms with Crippen molar-refractivity contribution >= 4 is 21.4 Å². The summed E-state index contributed by atoms with van der Waals surface area (Å²) in [5.41, 5.74) is 1.05. The number of carbonyl (C=O) groups excluding carboxylic acids is 1. The minimum Gasteiger partial charge on any atom is -0.484 e. The van der Waals surface area contributed by atoms with Crippen LogP contribution in [0.25, 0.3) is 0 Å². The molecule has 0 radical (unpaired) electrons. The average Bonchev–Trinajstić information content (AvgIpc) is 2.73. The van der Waals surface area contributed by atoms with Crippen LogP contribution < -0.4 is 10.1 Å². The van der Waals surface area contributed by atoms with E-state index in [1.807, 2.05) is 0 Å². The second-order valence-electron chi connectivity index (χ2n) is 6.65. The SMILES string of the molecule is O=C(Nc1ccc(OCC(F)(F)F)cc1)c1cccc(CS(=O)(=O)c2ccccc2)c1. The van der Waals surface area contributed by atoms with Crippen LogP contribution in [0.1, 0.15) is 15.9 Å². The van der Waals surface area contributed by atoms with Crippen LogP contribution in [0.4, 0.5) is 18.9 Å². The lowest BCUT2D eigenvalue weighted by molar-refractivity contribution is -0.153. The molecule has 0 atom stereocenters. The lowest BCUT2D eigenvalue weighted by Gasteiger charge is -2.10. The van der Waals surface area contributed by atoms with Crippen molar-refractivity contribution in [2.75, 3.05) is 11.9 Å². The van der Waals surface area contributed by atoms with Gasteiger partial charge in [-0.05, 0) is 54.1 Å². The van der Waals surface area contributed by atoms with Crippen LogP contribution in [0, 0.1) is 0 Å². The van der Waals surface area contributed by atoms with E-state index < -0.39 is 28.5 Å². The number of benzene rings is 3. The average molecular weight is 449 g/mol. The van der Waals surface area contributed by atoms with Crippen molar-refractivity contribution in [1.29, 1.82) is 0 Å². The molecule has 0 aliphatic heterocycles. The predicted octanol–water partition coefficient (Wildman–Crippen LogP) is 4.85. The van der Waals surface area contributed by atoms with Gasteiger partial charge in [0, 0.05) is 11.3 Å². The van der Waals surface area contributed by atoms with E-state index in [0.29, 0.717) is 11.3 Å². The van der Waals surface area contributed by atoms with Gasteiger partial charge in [-0.1, -0.05) is 30.3 Å². The molecule has 1 N–H and O–H groups in total. The number of hydrogen-bond acceptors (Lipinski definition) is 4. The Labute approximate surface area is 177 Å². The Bertz CT molecular complexity index is 1150. The fourth-order valence-corrected chi connectivity index (χ4v) is 4.09. The molecule has 0 fully saturated rings. The summed E-state index contributed by atoms with van der Waals surface area (Å²) < 4.78 is 66.3. The van der Waals surface area contributed by atoms with Gasteiger partial charge >= 0.3 is 6.18 Å². The molecule has 162 valence electrons. The van der Waals surface area contributed by atoms with Gasteiger partial charge in [-0.2, -0.15) is 13.2 Å². The summed E-state index contributed by atoms with van der Waals surface area (Å²) in [5, 5.41) is 2.61. The van der Waals surface area contributed by atoms with Crippen LogP contribution >= 0.6 is 0 Å². The minimum atomic E-state index is -4.44. The van der Waals surface area contributed by atoms with Crippen LogP contribution in [-0.2, 0) is 15.6 Å². The first kappa shape index (κ1) is 22.4. The summed E-state index contributed by atoms with van der Waals surface area (Å²) in [4.78, 5) is 12.7. The molecule has 3 aromatic carbocycles. The van der Waals surface area contributed by atoms with Gasteiger partial charge in [0.25, 0.3) is 5.91 Å². The molecule has 0 aliphatic carbocycles. The normalized spacial score (nSPS) is 11.7. The number of carbonyl (C=O) groups is 1. The lowest BCUT2D eigenvalue weighted by atomic mass is 10.1. The molecule has 9 heteroatoms. The highest BCUT2D eigenvalue weighted by molar-refractivity contribution is 7.90. The van der Waals surface area contributed by atoms with Gasteiger partial charge in [0.1, 0.15) is 5.75 Å². The number of rotatable bonds is 7. The molecule has 31 heavy (non-hydrogen) atoms. The zero-order valence-corrected chi connectivity index (χ0v) is 16.9. The Hall–Kier alpha value is -3.33. The molecular formula is C22H18F3NO4S. The third-order valence-corrected chi connectivity index (χ3v) is 5.87. The van der Waals surface area contributed by atoms with Crippen LogP contribution in [-0.4, -0.2) is 27.1 Å². The third-order valence-electron chi connectivity index (χ3n) is 4.16. The molecule has 5 nitrogen and oxygen atoms in total. The number of alkyl halides is 3. The van der Waals surface area contributed by atoms with Crippen molar-refractivity contribution in [1.82, 2.24) is 0 Å². The number of sulfone groups is 1. The lowest BCUT2D eigenvalue weighted by Crippen LogP contribution is -2.19. The minimum absolute atomic E-state index is 0.0171. The van der Waals surface area contributed by atoms with Crippen LogP contribution in [0.5, 0.6) is 5.75 Å². The first-order valence-electron chi connectivity index (χ1n) is 9.10. The second kappa shape index (κ2) is 9.22.